The highest BCUT2D eigenvalue weighted by atomic mass is 16.1. The van der Waals surface area contributed by atoms with Gasteiger partial charge in [-0.15, -0.1) is 6.58 Å². The lowest BCUT2D eigenvalue weighted by Gasteiger charge is -2.03. The summed E-state index contributed by atoms with van der Waals surface area (Å²) in [6.07, 6.45) is 2.45. The number of nitrogens with zero attached hydrogens (tertiary/aromatic N) is 2. The fraction of sp³-hybridized carbons (Fsp3) is 0.200. The molecule has 2 aromatic rings. The summed E-state index contributed by atoms with van der Waals surface area (Å²) in [5, 5.41) is 4.40. The van der Waals surface area contributed by atoms with Gasteiger partial charge >= 0.3 is 0 Å². The van der Waals surface area contributed by atoms with E-state index < -0.39 is 0 Å². The highest BCUT2D eigenvalue weighted by Crippen LogP contribution is 2.27. The molecule has 0 amide bonds. The van der Waals surface area contributed by atoms with E-state index in [1.165, 1.54) is 5.56 Å². The molecule has 4 nitrogen and oxygen atoms in total. The summed E-state index contributed by atoms with van der Waals surface area (Å²) in [6, 6.07) is 5.99. The summed E-state index contributed by atoms with van der Waals surface area (Å²) in [5.41, 5.74) is 10.3. The first kappa shape index (κ1) is 13.1. The molecule has 98 valence electrons. The van der Waals surface area contributed by atoms with E-state index in [1.54, 1.807) is 10.8 Å². The van der Waals surface area contributed by atoms with Crippen LogP contribution in [0.15, 0.2) is 30.9 Å². The number of benzene rings is 1. The van der Waals surface area contributed by atoms with E-state index in [-0.39, 0.29) is 0 Å². The maximum Gasteiger partial charge on any atom is 0.156 e. The number of carbonyl (C=O) groups excluding carboxylic acids is 1. The summed E-state index contributed by atoms with van der Waals surface area (Å²) in [7, 11) is 0. The minimum atomic E-state index is 0.378. The van der Waals surface area contributed by atoms with Gasteiger partial charge in [0.1, 0.15) is 11.5 Å². The van der Waals surface area contributed by atoms with Gasteiger partial charge in [-0.3, -0.25) is 4.79 Å². The van der Waals surface area contributed by atoms with Crippen LogP contribution in [0, 0.1) is 13.8 Å². The molecule has 0 fully saturated rings. The third-order valence-corrected chi connectivity index (χ3v) is 3.23. The Labute approximate surface area is 112 Å². The normalized spacial score (nSPS) is 10.4. The maximum absolute atomic E-state index is 11.2. The molecule has 0 aliphatic carbocycles. The molecule has 0 unspecified atom stereocenters. The Bertz CT molecular complexity index is 641. The standard InChI is InChI=1S/C15H17N3O/c1-4-7-18-15(16)13(9-19)14(17-18)12-6-5-10(2)11(3)8-12/h4-6,8-9H,1,7,16H2,2-3H3. The number of allylic oxidation sites excluding steroid dienone is 1. The number of anilines is 1. The number of hydrogen-bond donors (Lipinski definition) is 1. The summed E-state index contributed by atoms with van der Waals surface area (Å²) in [6.45, 7) is 8.22. The number of hydrogen-bond acceptors (Lipinski definition) is 3. The highest BCUT2D eigenvalue weighted by molar-refractivity contribution is 5.91. The van der Waals surface area contributed by atoms with Crippen LogP contribution in [-0.2, 0) is 6.54 Å². The predicted octanol–water partition coefficient (Wildman–Crippen LogP) is 2.75. The second-order valence-electron chi connectivity index (χ2n) is 4.54. The third kappa shape index (κ3) is 2.29. The Morgan fingerprint density at radius 1 is 1.37 bits per heavy atom. The van der Waals surface area contributed by atoms with Crippen molar-refractivity contribution in [3.8, 4) is 11.3 Å². The molecular formula is C15H17N3O. The Balaban J connectivity index is 2.60. The van der Waals surface area contributed by atoms with Gasteiger partial charge in [0.25, 0.3) is 0 Å². The second kappa shape index (κ2) is 5.10. The van der Waals surface area contributed by atoms with Gasteiger partial charge in [0.05, 0.1) is 12.1 Å². The minimum Gasteiger partial charge on any atom is -0.383 e. The van der Waals surface area contributed by atoms with Crippen LogP contribution in [0.2, 0.25) is 0 Å². The van der Waals surface area contributed by atoms with Crippen LogP contribution in [0.4, 0.5) is 5.82 Å². The van der Waals surface area contributed by atoms with Crippen LogP contribution in [-0.4, -0.2) is 16.1 Å². The number of aromatic nitrogens is 2. The van der Waals surface area contributed by atoms with Gasteiger partial charge in [0.2, 0.25) is 0 Å². The lowest BCUT2D eigenvalue weighted by Crippen LogP contribution is -2.03. The monoisotopic (exact) mass is 255 g/mol. The van der Waals surface area contributed by atoms with Crippen LogP contribution in [0.25, 0.3) is 11.3 Å². The van der Waals surface area contributed by atoms with E-state index in [0.29, 0.717) is 23.6 Å². The number of nitrogen functional groups attached to an aromatic ring is 1. The SMILES string of the molecule is C=CCn1nc(-c2ccc(C)c(C)c2)c(C=O)c1N. The molecule has 0 spiro atoms. The average Bonchev–Trinajstić information content (AvgIpc) is 2.70. The molecular weight excluding hydrogens is 238 g/mol. The summed E-state index contributed by atoms with van der Waals surface area (Å²) in [5.74, 6) is 0.378. The average molecular weight is 255 g/mol. The lowest BCUT2D eigenvalue weighted by atomic mass is 10.0. The zero-order valence-electron chi connectivity index (χ0n) is 11.2. The van der Waals surface area contributed by atoms with Crippen LogP contribution in [0.5, 0.6) is 0 Å². The van der Waals surface area contributed by atoms with Crippen molar-refractivity contribution < 1.29 is 4.79 Å². The first-order chi connectivity index (χ1) is 9.08. The molecule has 0 saturated heterocycles. The van der Waals surface area contributed by atoms with Crippen LogP contribution >= 0.6 is 0 Å². The summed E-state index contributed by atoms with van der Waals surface area (Å²) < 4.78 is 1.58. The van der Waals surface area contributed by atoms with Gasteiger partial charge in [0, 0.05) is 5.56 Å². The van der Waals surface area contributed by atoms with E-state index in [2.05, 4.69) is 11.7 Å². The predicted molar refractivity (Wildman–Crippen MR) is 77.1 cm³/mol. The molecule has 0 aliphatic heterocycles. The third-order valence-electron chi connectivity index (χ3n) is 3.23. The number of rotatable bonds is 4. The summed E-state index contributed by atoms with van der Waals surface area (Å²) >= 11 is 0. The molecule has 1 aromatic carbocycles. The van der Waals surface area contributed by atoms with Crippen LogP contribution in [0.1, 0.15) is 21.5 Å². The van der Waals surface area contributed by atoms with Crippen molar-refractivity contribution in [1.29, 1.82) is 0 Å². The van der Waals surface area contributed by atoms with Gasteiger partial charge in [0.15, 0.2) is 6.29 Å². The molecule has 0 aliphatic rings. The fourth-order valence-corrected chi connectivity index (χ4v) is 1.97. The highest BCUT2D eigenvalue weighted by Gasteiger charge is 2.16. The molecule has 1 aromatic heterocycles. The largest absolute Gasteiger partial charge is 0.383 e. The van der Waals surface area contributed by atoms with E-state index in [4.69, 9.17) is 5.73 Å². The van der Waals surface area contributed by atoms with Crippen molar-refractivity contribution in [3.05, 3.63) is 47.5 Å². The van der Waals surface area contributed by atoms with Gasteiger partial charge in [-0.1, -0.05) is 18.2 Å². The molecule has 2 N–H and O–H groups in total. The quantitative estimate of drug-likeness (QED) is 0.675. The zero-order chi connectivity index (χ0) is 14.0. The smallest absolute Gasteiger partial charge is 0.156 e. The van der Waals surface area contributed by atoms with Crippen molar-refractivity contribution in [2.75, 3.05) is 5.73 Å². The van der Waals surface area contributed by atoms with Crippen molar-refractivity contribution in [2.45, 2.75) is 20.4 Å². The number of carbonyl (C=O) groups is 1. The van der Waals surface area contributed by atoms with Crippen LogP contribution < -0.4 is 5.73 Å². The van der Waals surface area contributed by atoms with Gasteiger partial charge < -0.3 is 5.73 Å². The van der Waals surface area contributed by atoms with Gasteiger partial charge in [-0.05, 0) is 31.0 Å². The number of aldehydes is 1. The Morgan fingerprint density at radius 2 is 2.11 bits per heavy atom. The first-order valence-electron chi connectivity index (χ1n) is 6.08. The number of nitrogens with two attached hydrogens (primary N) is 1. The molecule has 0 radical (unpaired) electrons. The second-order valence-corrected chi connectivity index (χ2v) is 4.54. The van der Waals surface area contributed by atoms with Crippen molar-refractivity contribution in [1.82, 2.24) is 9.78 Å². The fourth-order valence-electron chi connectivity index (χ4n) is 1.97. The van der Waals surface area contributed by atoms with E-state index in [1.807, 2.05) is 32.0 Å². The van der Waals surface area contributed by atoms with E-state index in [9.17, 15) is 4.79 Å². The van der Waals surface area contributed by atoms with Crippen LogP contribution in [0.3, 0.4) is 0 Å². The molecule has 2 rings (SSSR count). The van der Waals surface area contributed by atoms with Crippen molar-refractivity contribution in [3.63, 3.8) is 0 Å². The molecule has 0 bridgehead atoms. The van der Waals surface area contributed by atoms with Gasteiger partial charge in [-0.25, -0.2) is 4.68 Å². The molecule has 0 saturated carbocycles. The van der Waals surface area contributed by atoms with E-state index in [0.717, 1.165) is 17.4 Å². The number of aryl methyl sites for hydroxylation is 2. The minimum absolute atomic E-state index is 0.378. The Kier molecular flexibility index (Phi) is 3.51. The van der Waals surface area contributed by atoms with Crippen molar-refractivity contribution in [2.24, 2.45) is 0 Å². The molecule has 19 heavy (non-hydrogen) atoms. The van der Waals surface area contributed by atoms with Gasteiger partial charge in [-0.2, -0.15) is 5.10 Å². The summed E-state index contributed by atoms with van der Waals surface area (Å²) in [4.78, 5) is 11.2. The molecule has 4 heteroatoms. The lowest BCUT2D eigenvalue weighted by molar-refractivity contribution is 0.112. The molecule has 0 atom stereocenters. The Morgan fingerprint density at radius 3 is 2.68 bits per heavy atom. The van der Waals surface area contributed by atoms with E-state index >= 15 is 0 Å². The zero-order valence-corrected chi connectivity index (χ0v) is 11.2. The maximum atomic E-state index is 11.2. The first-order valence-corrected chi connectivity index (χ1v) is 6.08. The topological polar surface area (TPSA) is 60.9 Å². The van der Waals surface area contributed by atoms with Crippen molar-refractivity contribution >= 4 is 12.1 Å². The molecule has 1 heterocycles. The Hall–Kier alpha value is -2.36.